The number of hydrazone groups is 2. The van der Waals surface area contributed by atoms with Gasteiger partial charge in [0.25, 0.3) is 11.3 Å². The summed E-state index contributed by atoms with van der Waals surface area (Å²) in [5.41, 5.74) is 9.25. The lowest BCUT2D eigenvalue weighted by Gasteiger charge is -2.31. The zero-order valence-electron chi connectivity index (χ0n) is 24.0. The summed E-state index contributed by atoms with van der Waals surface area (Å²) < 4.78 is 8.73. The molecule has 0 aliphatic carbocycles. The summed E-state index contributed by atoms with van der Waals surface area (Å²) in [5, 5.41) is 13.7. The van der Waals surface area contributed by atoms with Crippen molar-refractivity contribution in [2.24, 2.45) is 24.3 Å². The predicted molar refractivity (Wildman–Crippen MR) is 166 cm³/mol. The van der Waals surface area contributed by atoms with Gasteiger partial charge in [-0.05, 0) is 47.5 Å². The van der Waals surface area contributed by atoms with Gasteiger partial charge in [-0.1, -0.05) is 36.4 Å². The van der Waals surface area contributed by atoms with Gasteiger partial charge in [0.1, 0.15) is 12.4 Å². The second kappa shape index (κ2) is 11.0. The minimum Gasteiger partial charge on any atom is -0.293 e. The third kappa shape index (κ3) is 5.03. The Morgan fingerprint density at radius 2 is 0.952 bits per heavy atom. The number of hydrogen-bond acceptors (Lipinski definition) is 4. The Bertz CT molecular complexity index is 1760. The third-order valence-electron chi connectivity index (χ3n) is 8.05. The minimum absolute atomic E-state index is 0.844. The number of rotatable bonds is 6. The van der Waals surface area contributed by atoms with Gasteiger partial charge in [-0.3, -0.25) is 10.0 Å². The van der Waals surface area contributed by atoms with Crippen molar-refractivity contribution in [3.05, 3.63) is 121 Å². The molecule has 42 heavy (non-hydrogen) atoms. The molecule has 2 aromatic carbocycles. The van der Waals surface area contributed by atoms with Crippen LogP contribution in [0, 0.1) is 0 Å². The van der Waals surface area contributed by atoms with Crippen LogP contribution in [-0.2, 0) is 14.1 Å². The van der Waals surface area contributed by atoms with Crippen molar-refractivity contribution in [1.29, 1.82) is 0 Å². The van der Waals surface area contributed by atoms with E-state index in [4.69, 9.17) is 10.2 Å². The van der Waals surface area contributed by atoms with E-state index >= 15 is 0 Å². The lowest BCUT2D eigenvalue weighted by molar-refractivity contribution is -0.510. The standard InChI is InChI=1S/C34H34N8/c1-37-31(25-39-17-5-3-7-33(37)39)29-13-9-27(10-14-29)23-35-41-19-21-42(22-20-41)36-24-28-11-15-30(16-12-28)32-26-40-18-6-4-8-34(40)38(32)2/h3-18,23-26H,19-22H2,1-2H3/q+2/b35-23+,36-24+. The number of hydrogen-bond donors (Lipinski definition) is 0. The highest BCUT2D eigenvalue weighted by molar-refractivity contribution is 5.81. The van der Waals surface area contributed by atoms with Gasteiger partial charge in [0.05, 0.1) is 65.1 Å². The molecule has 8 nitrogen and oxygen atoms in total. The van der Waals surface area contributed by atoms with Gasteiger partial charge in [-0.25, -0.2) is 17.9 Å². The summed E-state index contributed by atoms with van der Waals surface area (Å²) in [7, 11) is 4.21. The van der Waals surface area contributed by atoms with E-state index in [0.717, 1.165) is 48.6 Å². The Morgan fingerprint density at radius 3 is 1.33 bits per heavy atom. The zero-order chi connectivity index (χ0) is 28.5. The number of piperazine rings is 1. The Kier molecular flexibility index (Phi) is 6.71. The Labute approximate surface area is 245 Å². The van der Waals surface area contributed by atoms with E-state index in [-0.39, 0.29) is 0 Å². The number of aromatic nitrogens is 4. The molecule has 208 valence electrons. The summed E-state index contributed by atoms with van der Waals surface area (Å²) in [4.78, 5) is 0. The molecule has 0 atom stereocenters. The Hall–Kier alpha value is -5.24. The van der Waals surface area contributed by atoms with Crippen molar-refractivity contribution in [1.82, 2.24) is 19.2 Å². The van der Waals surface area contributed by atoms with Gasteiger partial charge < -0.3 is 0 Å². The molecule has 6 aromatic rings. The van der Waals surface area contributed by atoms with Crippen molar-refractivity contribution < 1.29 is 8.80 Å². The van der Waals surface area contributed by atoms with E-state index in [1.165, 1.54) is 22.5 Å². The molecule has 0 radical (unpaired) electrons. The molecular formula is C34H34N8+2. The number of benzene rings is 2. The van der Waals surface area contributed by atoms with Crippen LogP contribution in [-0.4, -0.2) is 57.8 Å². The fourth-order valence-electron chi connectivity index (χ4n) is 5.59. The van der Waals surface area contributed by atoms with Crippen LogP contribution < -0.4 is 8.80 Å². The average molecular weight is 555 g/mol. The highest BCUT2D eigenvalue weighted by atomic mass is 15.5. The largest absolute Gasteiger partial charge is 0.293 e. The van der Waals surface area contributed by atoms with Crippen LogP contribution in [0.1, 0.15) is 11.1 Å². The van der Waals surface area contributed by atoms with E-state index in [1.54, 1.807) is 0 Å². The van der Waals surface area contributed by atoms with Crippen molar-refractivity contribution in [3.8, 4) is 22.5 Å². The topological polar surface area (TPSA) is 49.3 Å². The second-order valence-corrected chi connectivity index (χ2v) is 10.7. The first-order chi connectivity index (χ1) is 20.6. The van der Waals surface area contributed by atoms with Gasteiger partial charge in [-0.2, -0.15) is 10.2 Å². The van der Waals surface area contributed by atoms with Crippen molar-refractivity contribution in [2.45, 2.75) is 0 Å². The molecule has 0 amide bonds. The number of nitrogens with zero attached hydrogens (tertiary/aromatic N) is 8. The van der Waals surface area contributed by atoms with E-state index < -0.39 is 0 Å². The summed E-state index contributed by atoms with van der Waals surface area (Å²) in [5.74, 6) is 0. The van der Waals surface area contributed by atoms with Gasteiger partial charge in [0, 0.05) is 23.3 Å². The molecule has 0 N–H and O–H groups in total. The van der Waals surface area contributed by atoms with Gasteiger partial charge in [0.2, 0.25) is 0 Å². The maximum Gasteiger partial charge on any atom is 0.286 e. The molecule has 1 aliphatic rings. The van der Waals surface area contributed by atoms with E-state index in [9.17, 15) is 0 Å². The maximum absolute atomic E-state index is 4.74. The highest BCUT2D eigenvalue weighted by Gasteiger charge is 2.17. The highest BCUT2D eigenvalue weighted by Crippen LogP contribution is 2.21. The van der Waals surface area contributed by atoms with Crippen LogP contribution in [0.3, 0.4) is 0 Å². The van der Waals surface area contributed by atoms with Crippen LogP contribution in [0.4, 0.5) is 0 Å². The van der Waals surface area contributed by atoms with Crippen LogP contribution in [0.25, 0.3) is 33.8 Å². The number of fused-ring (bicyclic) bond motifs is 2. The lowest BCUT2D eigenvalue weighted by Crippen LogP contribution is -2.41. The molecule has 0 spiro atoms. The number of aryl methyl sites for hydroxylation is 2. The molecule has 1 aliphatic heterocycles. The molecule has 8 heteroatoms. The molecule has 1 fully saturated rings. The molecule has 0 saturated carbocycles. The normalized spacial score (nSPS) is 14.2. The van der Waals surface area contributed by atoms with E-state index in [0.29, 0.717) is 0 Å². The monoisotopic (exact) mass is 554 g/mol. The van der Waals surface area contributed by atoms with Crippen LogP contribution in [0.2, 0.25) is 0 Å². The molecule has 4 aromatic heterocycles. The minimum atomic E-state index is 0.844. The third-order valence-corrected chi connectivity index (χ3v) is 8.05. The first kappa shape index (κ1) is 25.7. The molecule has 0 bridgehead atoms. The smallest absolute Gasteiger partial charge is 0.286 e. The van der Waals surface area contributed by atoms with Crippen molar-refractivity contribution in [3.63, 3.8) is 0 Å². The van der Waals surface area contributed by atoms with E-state index in [1.807, 2.05) is 24.6 Å². The first-order valence-electron chi connectivity index (χ1n) is 14.3. The molecular weight excluding hydrogens is 520 g/mol. The van der Waals surface area contributed by atoms with Crippen molar-refractivity contribution >= 4 is 23.7 Å². The van der Waals surface area contributed by atoms with E-state index in [2.05, 4.69) is 140 Å². The number of imidazole rings is 2. The number of pyridine rings is 2. The summed E-state index contributed by atoms with van der Waals surface area (Å²) in [6, 6.07) is 29.7. The second-order valence-electron chi connectivity index (χ2n) is 10.7. The Morgan fingerprint density at radius 1 is 0.548 bits per heavy atom. The zero-order valence-corrected chi connectivity index (χ0v) is 24.0. The quantitative estimate of drug-likeness (QED) is 0.229. The lowest BCUT2D eigenvalue weighted by atomic mass is 10.1. The SMILES string of the molecule is Cn1c(-c2ccc(/C=N/N3CCN(/N=C/c4ccc(-c5c[n+]6ccccc6n5C)cc4)CC3)cc2)c[n+]2ccccc12. The Balaban J connectivity index is 0.933. The summed E-state index contributed by atoms with van der Waals surface area (Å²) in [6.07, 6.45) is 12.4. The van der Waals surface area contributed by atoms with Crippen LogP contribution in [0.5, 0.6) is 0 Å². The van der Waals surface area contributed by atoms with Gasteiger partial charge >= 0.3 is 0 Å². The van der Waals surface area contributed by atoms with Gasteiger partial charge in [0.15, 0.2) is 11.4 Å². The van der Waals surface area contributed by atoms with Crippen LogP contribution in [0.15, 0.2) is 120 Å². The molecule has 7 rings (SSSR count). The first-order valence-corrected chi connectivity index (χ1v) is 14.3. The summed E-state index contributed by atoms with van der Waals surface area (Å²) in [6.45, 7) is 3.38. The van der Waals surface area contributed by atoms with Crippen LogP contribution >= 0.6 is 0 Å². The maximum atomic E-state index is 4.74. The molecule has 5 heterocycles. The predicted octanol–water partition coefficient (Wildman–Crippen LogP) is 4.16. The van der Waals surface area contributed by atoms with Gasteiger partial charge in [-0.15, -0.1) is 0 Å². The fraction of sp³-hybridized carbons (Fsp3) is 0.176. The average Bonchev–Trinajstić information content (AvgIpc) is 3.56. The molecule has 0 unspecified atom stereocenters. The summed E-state index contributed by atoms with van der Waals surface area (Å²) >= 11 is 0. The van der Waals surface area contributed by atoms with Crippen molar-refractivity contribution in [2.75, 3.05) is 26.2 Å². The fourth-order valence-corrected chi connectivity index (χ4v) is 5.59. The molecule has 1 saturated heterocycles.